The number of hydrogen-bond acceptors (Lipinski definition) is 9. The van der Waals surface area contributed by atoms with Gasteiger partial charge in [-0.1, -0.05) is 0 Å². The molecule has 0 aliphatic carbocycles. The van der Waals surface area contributed by atoms with E-state index in [0.29, 0.717) is 6.07 Å². The Morgan fingerprint density at radius 2 is 1.52 bits per heavy atom. The molecular weight excluding hydrogens is 372 g/mol. The summed E-state index contributed by atoms with van der Waals surface area (Å²) < 4.78 is 65.8. The fourth-order valence-electron chi connectivity index (χ4n) is 1.76. The Kier molecular flexibility index (Phi) is 7.84. The number of aromatic hydroxyl groups is 1. The summed E-state index contributed by atoms with van der Waals surface area (Å²) in [4.78, 5) is 8.81. The molecule has 0 aromatic heterocycles. The van der Waals surface area contributed by atoms with E-state index < -0.39 is 41.5 Å². The fraction of sp³-hybridized carbons (Fsp3) is 0. The van der Waals surface area contributed by atoms with Crippen molar-refractivity contribution >= 4 is 36.7 Å². The van der Waals surface area contributed by atoms with Crippen LogP contribution in [0.5, 0.6) is 5.75 Å². The van der Waals surface area contributed by atoms with Crippen molar-refractivity contribution in [2.75, 3.05) is 0 Å². The van der Waals surface area contributed by atoms with E-state index in [4.69, 9.17) is 0 Å². The van der Waals surface area contributed by atoms with Crippen molar-refractivity contribution in [3.05, 3.63) is 29.2 Å². The molecule has 0 fully saturated rings. The van der Waals surface area contributed by atoms with Crippen LogP contribution in [0.25, 0.3) is 10.8 Å². The molecule has 23 heavy (non-hydrogen) atoms. The number of phenols is 1. The molecule has 9 nitrogen and oxygen atoms in total. The van der Waals surface area contributed by atoms with E-state index in [9.17, 15) is 36.0 Å². The van der Waals surface area contributed by atoms with E-state index in [-0.39, 0.29) is 69.9 Å². The minimum Gasteiger partial charge on any atom is -0.744 e. The maximum atomic E-state index is 11.0. The molecule has 0 radical (unpaired) electrons. The number of nitroso groups, excluding NO2 is 1. The Balaban J connectivity index is 0.00000242. The van der Waals surface area contributed by atoms with Gasteiger partial charge in [-0.15, -0.1) is 4.91 Å². The van der Waals surface area contributed by atoms with Gasteiger partial charge in [-0.05, 0) is 34.8 Å². The van der Waals surface area contributed by atoms with E-state index in [1.165, 1.54) is 0 Å². The van der Waals surface area contributed by atoms with Crippen molar-refractivity contribution in [2.45, 2.75) is 9.79 Å². The molecule has 0 atom stereocenters. The first-order chi connectivity index (χ1) is 9.55. The van der Waals surface area contributed by atoms with Gasteiger partial charge in [0.15, 0.2) is 11.4 Å². The standard InChI is InChI=1S/C10H7NO8S2.2Na/c12-10-7-2-1-6(20(14,15)16)3-5(7)4-8(9(10)11-13)21(17,18)19;;/h1-4,12H,(H,14,15,16)(H,17,18,19);;/q;2*+1/p-2. The van der Waals surface area contributed by atoms with Gasteiger partial charge < -0.3 is 14.2 Å². The van der Waals surface area contributed by atoms with Gasteiger partial charge in [-0.2, -0.15) is 0 Å². The van der Waals surface area contributed by atoms with Crippen molar-refractivity contribution in [1.29, 1.82) is 0 Å². The molecule has 0 aliphatic rings. The normalized spacial score (nSPS) is 11.4. The number of rotatable bonds is 3. The number of hydrogen-bond donors (Lipinski definition) is 1. The van der Waals surface area contributed by atoms with E-state index in [1.807, 2.05) is 0 Å². The SMILES string of the molecule is O=Nc1c(S(=O)(=O)[O-])cc2cc(S(=O)(=O)[O-])ccc2c1O.[Na+].[Na+]. The number of fused-ring (bicyclic) bond motifs is 1. The molecule has 2 aromatic rings. The zero-order chi connectivity index (χ0) is 16.0. The second-order valence-electron chi connectivity index (χ2n) is 3.95. The Labute approximate surface area is 175 Å². The van der Waals surface area contributed by atoms with Crippen LogP contribution in [0.2, 0.25) is 0 Å². The molecule has 13 heteroatoms. The summed E-state index contributed by atoms with van der Waals surface area (Å²) in [5.41, 5.74) is -0.977. The van der Waals surface area contributed by atoms with Crippen molar-refractivity contribution in [3.8, 4) is 5.75 Å². The monoisotopic (exact) mass is 377 g/mol. The molecule has 0 saturated carbocycles. The van der Waals surface area contributed by atoms with Crippen LogP contribution in [0, 0.1) is 4.91 Å². The van der Waals surface area contributed by atoms with Crippen LogP contribution in [0.4, 0.5) is 5.69 Å². The Bertz CT molecular complexity index is 972. The van der Waals surface area contributed by atoms with Gasteiger partial charge in [-0.3, -0.25) is 0 Å². The van der Waals surface area contributed by atoms with Gasteiger partial charge in [0.25, 0.3) is 0 Å². The van der Waals surface area contributed by atoms with Crippen LogP contribution in [-0.4, -0.2) is 31.0 Å². The van der Waals surface area contributed by atoms with Crippen molar-refractivity contribution in [3.63, 3.8) is 0 Å². The van der Waals surface area contributed by atoms with E-state index >= 15 is 0 Å². The summed E-state index contributed by atoms with van der Waals surface area (Å²) >= 11 is 0. The molecule has 0 amide bonds. The minimum atomic E-state index is -5.14. The summed E-state index contributed by atoms with van der Waals surface area (Å²) in [5.74, 6) is -0.897. The van der Waals surface area contributed by atoms with Gasteiger partial charge >= 0.3 is 59.1 Å². The number of benzene rings is 2. The summed E-state index contributed by atoms with van der Waals surface area (Å²) in [6.07, 6.45) is 0. The molecule has 0 spiro atoms. The average Bonchev–Trinajstić information content (AvgIpc) is 2.35. The third kappa shape index (κ3) is 4.72. The first-order valence-electron chi connectivity index (χ1n) is 5.10. The maximum Gasteiger partial charge on any atom is 1.00 e. The van der Waals surface area contributed by atoms with Crippen LogP contribution in [0.15, 0.2) is 39.2 Å². The van der Waals surface area contributed by atoms with Crippen LogP contribution in [0.1, 0.15) is 0 Å². The third-order valence-corrected chi connectivity index (χ3v) is 4.35. The van der Waals surface area contributed by atoms with Crippen molar-refractivity contribution in [2.24, 2.45) is 5.18 Å². The van der Waals surface area contributed by atoms with Crippen molar-refractivity contribution < 1.29 is 90.2 Å². The largest absolute Gasteiger partial charge is 1.00 e. The molecule has 112 valence electrons. The third-order valence-electron chi connectivity index (χ3n) is 2.67. The van der Waals surface area contributed by atoms with E-state index in [1.54, 1.807) is 0 Å². The first kappa shape index (κ1) is 22.9. The second-order valence-corrected chi connectivity index (χ2v) is 6.68. The molecule has 0 unspecified atom stereocenters. The Morgan fingerprint density at radius 1 is 0.957 bits per heavy atom. The topological polar surface area (TPSA) is 164 Å². The van der Waals surface area contributed by atoms with Crippen LogP contribution in [-0.2, 0) is 20.2 Å². The van der Waals surface area contributed by atoms with Gasteiger partial charge in [-0.25, -0.2) is 16.8 Å². The van der Waals surface area contributed by atoms with E-state index in [0.717, 1.165) is 18.2 Å². The smallest absolute Gasteiger partial charge is 0.744 e. The molecule has 0 aliphatic heterocycles. The Morgan fingerprint density at radius 3 is 1.96 bits per heavy atom. The first-order valence-corrected chi connectivity index (χ1v) is 7.92. The van der Waals surface area contributed by atoms with Crippen LogP contribution >= 0.6 is 0 Å². The summed E-state index contributed by atoms with van der Waals surface area (Å²) in [7, 11) is -9.95. The molecule has 0 saturated heterocycles. The van der Waals surface area contributed by atoms with Crippen LogP contribution < -0.4 is 59.1 Å². The van der Waals surface area contributed by atoms with Gasteiger partial charge in [0.1, 0.15) is 20.2 Å². The zero-order valence-electron chi connectivity index (χ0n) is 11.9. The summed E-state index contributed by atoms with van der Waals surface area (Å²) in [5, 5.41) is 11.7. The molecule has 0 heterocycles. The van der Waals surface area contributed by atoms with Crippen molar-refractivity contribution in [1.82, 2.24) is 0 Å². The summed E-state index contributed by atoms with van der Waals surface area (Å²) in [6, 6.07) is 3.30. The molecule has 1 N–H and O–H groups in total. The van der Waals surface area contributed by atoms with Gasteiger partial charge in [0, 0.05) is 5.39 Å². The van der Waals surface area contributed by atoms with E-state index in [2.05, 4.69) is 5.18 Å². The number of phenolic OH excluding ortho intramolecular Hbond substituents is 1. The molecule has 0 bridgehead atoms. The fourth-order valence-corrected chi connectivity index (χ4v) is 2.91. The van der Waals surface area contributed by atoms with Gasteiger partial charge in [0.05, 0.1) is 9.79 Å². The Hall–Kier alpha value is -0.0800. The predicted molar refractivity (Wildman–Crippen MR) is 67.0 cm³/mol. The predicted octanol–water partition coefficient (Wildman–Crippen LogP) is -5.24. The molecule has 2 aromatic carbocycles. The van der Waals surface area contributed by atoms with Crippen LogP contribution in [0.3, 0.4) is 0 Å². The zero-order valence-corrected chi connectivity index (χ0v) is 17.5. The maximum absolute atomic E-state index is 11.0. The number of nitrogens with zero attached hydrogens (tertiary/aromatic N) is 1. The molecule has 2 rings (SSSR count). The quantitative estimate of drug-likeness (QED) is 0.315. The second kappa shape index (κ2) is 7.87. The summed E-state index contributed by atoms with van der Waals surface area (Å²) in [6.45, 7) is 0. The molecular formula is C10H5NNa2O8S2. The average molecular weight is 377 g/mol. The minimum absolute atomic E-state index is 0. The van der Waals surface area contributed by atoms with Gasteiger partial charge in [0.2, 0.25) is 0 Å².